The van der Waals surface area contributed by atoms with E-state index < -0.39 is 0 Å². The summed E-state index contributed by atoms with van der Waals surface area (Å²) in [6.45, 7) is 5.40. The molecular weight excluding hydrogens is 296 g/mol. The number of nitrogens with two attached hydrogens (primary N) is 1. The Kier molecular flexibility index (Phi) is 10.6. The summed E-state index contributed by atoms with van der Waals surface area (Å²) < 4.78 is 0. The predicted octanol–water partition coefficient (Wildman–Crippen LogP) is 2.61. The summed E-state index contributed by atoms with van der Waals surface area (Å²) in [7, 11) is 0. The van der Waals surface area contributed by atoms with E-state index in [0.717, 1.165) is 42.2 Å². The van der Waals surface area contributed by atoms with E-state index in [4.69, 9.17) is 5.73 Å². The number of nitrogens with zero attached hydrogens (tertiary/aromatic N) is 2. The van der Waals surface area contributed by atoms with E-state index in [9.17, 15) is 4.79 Å². The van der Waals surface area contributed by atoms with E-state index in [-0.39, 0.29) is 18.3 Å². The maximum absolute atomic E-state index is 11.6. The van der Waals surface area contributed by atoms with Crippen molar-refractivity contribution in [3.05, 3.63) is 10.0 Å². The molecule has 0 saturated heterocycles. The molecule has 1 amide bonds. The van der Waals surface area contributed by atoms with Crippen LogP contribution < -0.4 is 11.1 Å². The van der Waals surface area contributed by atoms with Gasteiger partial charge in [0.1, 0.15) is 10.0 Å². The zero-order chi connectivity index (χ0) is 14.1. The molecule has 1 heterocycles. The van der Waals surface area contributed by atoms with Crippen LogP contribution in [0.5, 0.6) is 0 Å². The highest BCUT2D eigenvalue weighted by molar-refractivity contribution is 7.11. The largest absolute Gasteiger partial charge is 0.350 e. The molecule has 0 aromatic carbocycles. The van der Waals surface area contributed by atoms with E-state index in [0.29, 0.717) is 18.9 Å². The molecule has 0 bridgehead atoms. The summed E-state index contributed by atoms with van der Waals surface area (Å²) in [5, 5.41) is 12.9. The second-order valence-corrected chi connectivity index (χ2v) is 6.01. The van der Waals surface area contributed by atoms with Gasteiger partial charge in [-0.3, -0.25) is 4.79 Å². The van der Waals surface area contributed by atoms with Crippen molar-refractivity contribution in [3.63, 3.8) is 0 Å². The molecule has 0 saturated carbocycles. The number of nitrogens with one attached hydrogen (secondary N) is 1. The molecule has 0 unspecified atom stereocenters. The summed E-state index contributed by atoms with van der Waals surface area (Å²) in [4.78, 5) is 11.6. The predicted molar refractivity (Wildman–Crippen MR) is 85.2 cm³/mol. The molecule has 1 aromatic rings. The summed E-state index contributed by atoms with van der Waals surface area (Å²) in [5.74, 6) is 0.485. The number of unbranched alkanes of at least 4 members (excludes halogenated alkanes) is 3. The molecule has 0 aliphatic rings. The van der Waals surface area contributed by atoms with Gasteiger partial charge < -0.3 is 11.1 Å². The van der Waals surface area contributed by atoms with Gasteiger partial charge in [-0.05, 0) is 19.4 Å². The Morgan fingerprint density at radius 1 is 1.25 bits per heavy atom. The van der Waals surface area contributed by atoms with Crippen molar-refractivity contribution < 1.29 is 4.79 Å². The van der Waals surface area contributed by atoms with Gasteiger partial charge in [-0.1, -0.05) is 38.0 Å². The van der Waals surface area contributed by atoms with Crippen LogP contribution in [-0.4, -0.2) is 22.6 Å². The Labute approximate surface area is 131 Å². The third kappa shape index (κ3) is 7.77. The number of amides is 1. The van der Waals surface area contributed by atoms with Crippen molar-refractivity contribution in [1.29, 1.82) is 0 Å². The second-order valence-electron chi connectivity index (χ2n) is 4.92. The molecule has 0 fully saturated rings. The van der Waals surface area contributed by atoms with Crippen LogP contribution in [0.1, 0.15) is 61.9 Å². The van der Waals surface area contributed by atoms with Crippen LogP contribution in [0.15, 0.2) is 0 Å². The Morgan fingerprint density at radius 2 is 1.95 bits per heavy atom. The molecule has 0 spiro atoms. The molecule has 20 heavy (non-hydrogen) atoms. The molecule has 5 nitrogen and oxygen atoms in total. The lowest BCUT2D eigenvalue weighted by Crippen LogP contribution is -2.22. The first-order valence-corrected chi connectivity index (χ1v) is 7.74. The third-order valence-electron chi connectivity index (χ3n) is 2.77. The first kappa shape index (κ1) is 19.3. The number of hydrogen-bond donors (Lipinski definition) is 2. The van der Waals surface area contributed by atoms with Crippen molar-refractivity contribution in [1.82, 2.24) is 15.5 Å². The van der Waals surface area contributed by atoms with Gasteiger partial charge in [0, 0.05) is 12.3 Å². The zero-order valence-electron chi connectivity index (χ0n) is 12.2. The Hall–Kier alpha value is -0.720. The summed E-state index contributed by atoms with van der Waals surface area (Å²) in [6, 6.07) is 0. The Morgan fingerprint density at radius 3 is 2.55 bits per heavy atom. The number of hydrogen-bond acceptors (Lipinski definition) is 5. The zero-order valence-corrected chi connectivity index (χ0v) is 13.9. The van der Waals surface area contributed by atoms with Crippen LogP contribution >= 0.6 is 23.7 Å². The second kappa shape index (κ2) is 11.0. The van der Waals surface area contributed by atoms with Gasteiger partial charge >= 0.3 is 0 Å². The molecule has 3 N–H and O–H groups in total. The third-order valence-corrected chi connectivity index (χ3v) is 3.99. The van der Waals surface area contributed by atoms with Crippen LogP contribution in [0.4, 0.5) is 0 Å². The van der Waals surface area contributed by atoms with Crippen LogP contribution in [0.25, 0.3) is 0 Å². The molecule has 116 valence electrons. The lowest BCUT2D eigenvalue weighted by Gasteiger charge is -2.02. The number of halogens is 1. The van der Waals surface area contributed by atoms with Gasteiger partial charge in [-0.2, -0.15) is 0 Å². The monoisotopic (exact) mass is 320 g/mol. The standard InChI is InChI=1S/C13H24N4OS.ClH/c1-10(2)13-17-16-12(19-13)9-15-11(18)7-5-3-4-6-8-14;/h10H,3-9,14H2,1-2H3,(H,15,18);1H. The maximum Gasteiger partial charge on any atom is 0.220 e. The van der Waals surface area contributed by atoms with Crippen molar-refractivity contribution >= 4 is 29.7 Å². The van der Waals surface area contributed by atoms with E-state index in [1.165, 1.54) is 0 Å². The Balaban J connectivity index is 0.00000361. The molecule has 1 rings (SSSR count). The van der Waals surface area contributed by atoms with Crippen molar-refractivity contribution in [2.45, 2.75) is 58.4 Å². The number of carbonyl (C=O) groups excluding carboxylic acids is 1. The van der Waals surface area contributed by atoms with Gasteiger partial charge in [-0.15, -0.1) is 22.6 Å². The molecule has 7 heteroatoms. The highest BCUT2D eigenvalue weighted by atomic mass is 35.5. The topological polar surface area (TPSA) is 80.9 Å². The van der Waals surface area contributed by atoms with Gasteiger partial charge in [0.05, 0.1) is 6.54 Å². The highest BCUT2D eigenvalue weighted by Crippen LogP contribution is 2.18. The van der Waals surface area contributed by atoms with Gasteiger partial charge in [0.15, 0.2) is 0 Å². The van der Waals surface area contributed by atoms with E-state index >= 15 is 0 Å². The van der Waals surface area contributed by atoms with E-state index in [2.05, 4.69) is 29.4 Å². The fourth-order valence-corrected chi connectivity index (χ4v) is 2.40. The normalized spacial score (nSPS) is 10.4. The molecule has 0 radical (unpaired) electrons. The summed E-state index contributed by atoms with van der Waals surface area (Å²) in [5.41, 5.74) is 5.41. The number of carbonyl (C=O) groups is 1. The van der Waals surface area contributed by atoms with Crippen molar-refractivity contribution in [2.24, 2.45) is 5.73 Å². The SMILES string of the molecule is CC(C)c1nnc(CNC(=O)CCCCCCN)s1.Cl. The highest BCUT2D eigenvalue weighted by Gasteiger charge is 2.08. The fraction of sp³-hybridized carbons (Fsp3) is 0.769. The molecule has 1 aromatic heterocycles. The van der Waals surface area contributed by atoms with Gasteiger partial charge in [0.25, 0.3) is 0 Å². The fourth-order valence-electron chi connectivity index (χ4n) is 1.62. The maximum atomic E-state index is 11.6. The van der Waals surface area contributed by atoms with Gasteiger partial charge in [-0.25, -0.2) is 0 Å². The van der Waals surface area contributed by atoms with Crippen LogP contribution in [0.3, 0.4) is 0 Å². The minimum absolute atomic E-state index is 0. The van der Waals surface area contributed by atoms with E-state index in [1.807, 2.05) is 0 Å². The minimum atomic E-state index is 0. The molecule has 0 atom stereocenters. The summed E-state index contributed by atoms with van der Waals surface area (Å²) in [6.07, 6.45) is 4.74. The molecule has 0 aliphatic heterocycles. The van der Waals surface area contributed by atoms with E-state index in [1.54, 1.807) is 11.3 Å². The van der Waals surface area contributed by atoms with Crippen molar-refractivity contribution in [2.75, 3.05) is 6.54 Å². The minimum Gasteiger partial charge on any atom is -0.350 e. The average Bonchev–Trinajstić information content (AvgIpc) is 2.85. The first-order chi connectivity index (χ1) is 9.13. The lowest BCUT2D eigenvalue weighted by atomic mass is 10.1. The first-order valence-electron chi connectivity index (χ1n) is 6.92. The van der Waals surface area contributed by atoms with Crippen LogP contribution in [0, 0.1) is 0 Å². The van der Waals surface area contributed by atoms with Crippen LogP contribution in [-0.2, 0) is 11.3 Å². The Bertz CT molecular complexity index is 384. The number of rotatable bonds is 9. The van der Waals surface area contributed by atoms with Crippen LogP contribution in [0.2, 0.25) is 0 Å². The average molecular weight is 321 g/mol. The van der Waals surface area contributed by atoms with Gasteiger partial charge in [0.2, 0.25) is 5.91 Å². The smallest absolute Gasteiger partial charge is 0.220 e. The molecular formula is C13H25ClN4OS. The number of aromatic nitrogens is 2. The summed E-state index contributed by atoms with van der Waals surface area (Å²) >= 11 is 1.57. The quantitative estimate of drug-likeness (QED) is 0.685. The lowest BCUT2D eigenvalue weighted by molar-refractivity contribution is -0.121. The van der Waals surface area contributed by atoms with Crippen molar-refractivity contribution in [3.8, 4) is 0 Å². The molecule has 0 aliphatic carbocycles.